The summed E-state index contributed by atoms with van der Waals surface area (Å²) >= 11 is 0. The highest BCUT2D eigenvalue weighted by atomic mass is 19.2. The molecule has 5 heteroatoms. The van der Waals surface area contributed by atoms with Crippen molar-refractivity contribution in [2.75, 3.05) is 13.2 Å². The Kier molecular flexibility index (Phi) is 4.78. The minimum absolute atomic E-state index is 0.0219. The molecule has 1 unspecified atom stereocenters. The number of hydrogen-bond donors (Lipinski definition) is 1. The average Bonchev–Trinajstić information content (AvgIpc) is 2.33. The van der Waals surface area contributed by atoms with Crippen LogP contribution in [0, 0.1) is 11.6 Å². The predicted octanol–water partition coefficient (Wildman–Crippen LogP) is 2.13. The van der Waals surface area contributed by atoms with Gasteiger partial charge in [-0.2, -0.15) is 0 Å². The van der Waals surface area contributed by atoms with Crippen LogP contribution >= 0.6 is 0 Å². The average molecular weight is 257 g/mol. The molecule has 0 bridgehead atoms. The molecular weight excluding hydrogens is 240 g/mol. The number of carbonyl (C=O) groups is 1. The molecule has 18 heavy (non-hydrogen) atoms. The Labute approximate surface area is 105 Å². The Morgan fingerprint density at radius 3 is 2.67 bits per heavy atom. The highest BCUT2D eigenvalue weighted by Gasteiger charge is 2.38. The van der Waals surface area contributed by atoms with Crippen LogP contribution in [0.4, 0.5) is 8.78 Å². The molecule has 0 aromatic heterocycles. The standard InChI is InChI=1S/C13H17F2NO2/c1-3-18-12(17)13(2,7-8-16)9-5-4-6-10(14)11(9)15/h4-6H,3,7-8,16H2,1-2H3. The van der Waals surface area contributed by atoms with Crippen LogP contribution in [0.5, 0.6) is 0 Å². The van der Waals surface area contributed by atoms with E-state index in [9.17, 15) is 13.6 Å². The molecule has 1 aromatic carbocycles. The van der Waals surface area contributed by atoms with Crippen LogP contribution in [0.1, 0.15) is 25.8 Å². The van der Waals surface area contributed by atoms with Crippen LogP contribution in [0.3, 0.4) is 0 Å². The smallest absolute Gasteiger partial charge is 0.316 e. The summed E-state index contributed by atoms with van der Waals surface area (Å²) in [6.45, 7) is 3.51. The number of hydrogen-bond acceptors (Lipinski definition) is 3. The lowest BCUT2D eigenvalue weighted by Gasteiger charge is -2.27. The van der Waals surface area contributed by atoms with Gasteiger partial charge in [0, 0.05) is 5.56 Å². The molecule has 1 atom stereocenters. The normalized spacial score (nSPS) is 14.1. The zero-order chi connectivity index (χ0) is 13.8. The highest BCUT2D eigenvalue weighted by molar-refractivity contribution is 5.82. The van der Waals surface area contributed by atoms with E-state index in [1.807, 2.05) is 0 Å². The topological polar surface area (TPSA) is 52.3 Å². The molecular formula is C13H17F2NO2. The Bertz CT molecular complexity index is 437. The molecule has 0 aliphatic rings. The van der Waals surface area contributed by atoms with Gasteiger partial charge in [-0.1, -0.05) is 12.1 Å². The Morgan fingerprint density at radius 1 is 1.44 bits per heavy atom. The van der Waals surface area contributed by atoms with Crippen LogP contribution in [0.25, 0.3) is 0 Å². The molecule has 0 aliphatic heterocycles. The van der Waals surface area contributed by atoms with Gasteiger partial charge in [-0.05, 0) is 32.9 Å². The number of rotatable bonds is 5. The van der Waals surface area contributed by atoms with Crippen LogP contribution in [-0.4, -0.2) is 19.1 Å². The van der Waals surface area contributed by atoms with Gasteiger partial charge >= 0.3 is 5.97 Å². The first kappa shape index (κ1) is 14.6. The molecule has 0 spiro atoms. The van der Waals surface area contributed by atoms with Gasteiger partial charge in [0.1, 0.15) is 0 Å². The zero-order valence-corrected chi connectivity index (χ0v) is 10.5. The van der Waals surface area contributed by atoms with Gasteiger partial charge in [0.25, 0.3) is 0 Å². The molecule has 1 aromatic rings. The molecule has 0 heterocycles. The van der Waals surface area contributed by atoms with Gasteiger partial charge in [-0.3, -0.25) is 4.79 Å². The first-order valence-electron chi connectivity index (χ1n) is 5.79. The predicted molar refractivity (Wildman–Crippen MR) is 64.0 cm³/mol. The van der Waals surface area contributed by atoms with Gasteiger partial charge in [0.05, 0.1) is 12.0 Å². The first-order chi connectivity index (χ1) is 8.47. The zero-order valence-electron chi connectivity index (χ0n) is 10.5. The number of nitrogens with two attached hydrogens (primary N) is 1. The maximum Gasteiger partial charge on any atom is 0.316 e. The summed E-state index contributed by atoms with van der Waals surface area (Å²) in [6.07, 6.45) is 0.187. The third-order valence-electron chi connectivity index (χ3n) is 2.92. The van der Waals surface area contributed by atoms with Crippen molar-refractivity contribution in [2.45, 2.75) is 25.7 Å². The number of ether oxygens (including phenoxy) is 1. The molecule has 100 valence electrons. The van der Waals surface area contributed by atoms with Crippen molar-refractivity contribution in [2.24, 2.45) is 5.73 Å². The quantitative estimate of drug-likeness (QED) is 0.822. The second-order valence-corrected chi connectivity index (χ2v) is 4.19. The fourth-order valence-corrected chi connectivity index (χ4v) is 1.86. The van der Waals surface area contributed by atoms with Crippen LogP contribution in [-0.2, 0) is 14.9 Å². The van der Waals surface area contributed by atoms with Crippen molar-refractivity contribution in [1.29, 1.82) is 0 Å². The summed E-state index contributed by atoms with van der Waals surface area (Å²) in [7, 11) is 0. The van der Waals surface area contributed by atoms with E-state index in [4.69, 9.17) is 10.5 Å². The summed E-state index contributed by atoms with van der Waals surface area (Å²) < 4.78 is 32.0. The van der Waals surface area contributed by atoms with Gasteiger partial charge in [-0.25, -0.2) is 8.78 Å². The van der Waals surface area contributed by atoms with Crippen LogP contribution in [0.2, 0.25) is 0 Å². The maximum absolute atomic E-state index is 13.8. The second-order valence-electron chi connectivity index (χ2n) is 4.19. The van der Waals surface area contributed by atoms with E-state index in [-0.39, 0.29) is 25.1 Å². The van der Waals surface area contributed by atoms with Gasteiger partial charge in [0.15, 0.2) is 11.6 Å². The molecule has 0 saturated heterocycles. The largest absolute Gasteiger partial charge is 0.465 e. The van der Waals surface area contributed by atoms with E-state index in [0.29, 0.717) is 0 Å². The molecule has 0 aliphatic carbocycles. The second kappa shape index (κ2) is 5.91. The van der Waals surface area contributed by atoms with E-state index in [0.717, 1.165) is 6.07 Å². The highest BCUT2D eigenvalue weighted by Crippen LogP contribution is 2.31. The minimum Gasteiger partial charge on any atom is -0.465 e. The third-order valence-corrected chi connectivity index (χ3v) is 2.92. The lowest BCUT2D eigenvalue weighted by Crippen LogP contribution is -2.37. The Hall–Kier alpha value is -1.49. The summed E-state index contributed by atoms with van der Waals surface area (Å²) in [5.41, 5.74) is 4.16. The lowest BCUT2D eigenvalue weighted by atomic mass is 9.79. The summed E-state index contributed by atoms with van der Waals surface area (Å²) in [5.74, 6) is -2.61. The molecule has 0 saturated carbocycles. The van der Waals surface area contributed by atoms with Gasteiger partial charge in [-0.15, -0.1) is 0 Å². The minimum atomic E-state index is -1.27. The van der Waals surface area contributed by atoms with Crippen molar-refractivity contribution >= 4 is 5.97 Å². The van der Waals surface area contributed by atoms with E-state index >= 15 is 0 Å². The van der Waals surface area contributed by atoms with E-state index in [2.05, 4.69) is 0 Å². The lowest BCUT2D eigenvalue weighted by molar-refractivity contribution is -0.149. The van der Waals surface area contributed by atoms with Crippen molar-refractivity contribution in [3.63, 3.8) is 0 Å². The monoisotopic (exact) mass is 257 g/mol. The third kappa shape index (κ3) is 2.67. The van der Waals surface area contributed by atoms with E-state index in [1.54, 1.807) is 6.92 Å². The SMILES string of the molecule is CCOC(=O)C(C)(CCN)c1cccc(F)c1F. The number of carbonyl (C=O) groups excluding carboxylic acids is 1. The molecule has 2 N–H and O–H groups in total. The van der Waals surface area contributed by atoms with Gasteiger partial charge < -0.3 is 10.5 Å². The Balaban J connectivity index is 3.26. The molecule has 3 nitrogen and oxygen atoms in total. The number of benzene rings is 1. The van der Waals surface area contributed by atoms with Crippen molar-refractivity contribution in [3.05, 3.63) is 35.4 Å². The Morgan fingerprint density at radius 2 is 2.11 bits per heavy atom. The summed E-state index contributed by atoms with van der Waals surface area (Å²) in [6, 6.07) is 3.75. The van der Waals surface area contributed by atoms with Crippen LogP contribution < -0.4 is 5.73 Å². The number of halogens is 2. The maximum atomic E-state index is 13.8. The molecule has 0 amide bonds. The first-order valence-corrected chi connectivity index (χ1v) is 5.79. The summed E-state index contributed by atoms with van der Waals surface area (Å²) in [5, 5.41) is 0. The molecule has 0 fully saturated rings. The van der Waals surface area contributed by atoms with Crippen molar-refractivity contribution in [3.8, 4) is 0 Å². The van der Waals surface area contributed by atoms with Gasteiger partial charge in [0.2, 0.25) is 0 Å². The fourth-order valence-electron chi connectivity index (χ4n) is 1.86. The number of esters is 1. The van der Waals surface area contributed by atoms with Crippen LogP contribution in [0.15, 0.2) is 18.2 Å². The van der Waals surface area contributed by atoms with Crippen molar-refractivity contribution < 1.29 is 18.3 Å². The van der Waals surface area contributed by atoms with E-state index < -0.39 is 23.0 Å². The fraction of sp³-hybridized carbons (Fsp3) is 0.462. The molecule has 0 radical (unpaired) electrons. The van der Waals surface area contributed by atoms with E-state index in [1.165, 1.54) is 19.1 Å². The molecule has 1 rings (SSSR count). The summed E-state index contributed by atoms with van der Waals surface area (Å²) in [4.78, 5) is 12.0. The van der Waals surface area contributed by atoms with Crippen molar-refractivity contribution in [1.82, 2.24) is 0 Å².